The summed E-state index contributed by atoms with van der Waals surface area (Å²) < 4.78 is 17.9. The number of hydrogen-bond donors (Lipinski definition) is 0. The second-order valence-electron chi connectivity index (χ2n) is 8.92. The van der Waals surface area contributed by atoms with Crippen LogP contribution in [0.4, 0.5) is 5.69 Å². The molecular formula is C20H27NO6Si. The van der Waals surface area contributed by atoms with Crippen molar-refractivity contribution in [1.29, 1.82) is 0 Å². The molecule has 1 aliphatic carbocycles. The zero-order chi connectivity index (χ0) is 20.7. The van der Waals surface area contributed by atoms with Gasteiger partial charge in [0.2, 0.25) is 0 Å². The van der Waals surface area contributed by atoms with Gasteiger partial charge in [-0.1, -0.05) is 39.0 Å². The standard InChI is InChI=1S/C20H27NO6Si/c1-19(2,3)28(4,5)27-20-11-10-16(17(12-20)26-18(20)22)25-13-14-8-6-7-9-15(14)21(23)24/h6-11,16-17H,12-13H2,1-5H3/t16-,17-,20+/m1/s1. The van der Waals surface area contributed by atoms with Crippen molar-refractivity contribution in [3.8, 4) is 0 Å². The maximum absolute atomic E-state index is 12.6. The average molecular weight is 406 g/mol. The van der Waals surface area contributed by atoms with Gasteiger partial charge in [0.25, 0.3) is 5.69 Å². The van der Waals surface area contributed by atoms with Crippen molar-refractivity contribution in [2.45, 2.75) is 69.7 Å². The van der Waals surface area contributed by atoms with E-state index in [0.717, 1.165) is 0 Å². The summed E-state index contributed by atoms with van der Waals surface area (Å²) in [6.45, 7) is 10.6. The second kappa shape index (κ2) is 7.09. The van der Waals surface area contributed by atoms with Gasteiger partial charge in [0.15, 0.2) is 13.9 Å². The van der Waals surface area contributed by atoms with Crippen molar-refractivity contribution in [3.63, 3.8) is 0 Å². The molecule has 1 aliphatic heterocycles. The van der Waals surface area contributed by atoms with Gasteiger partial charge >= 0.3 is 5.97 Å². The molecule has 1 saturated heterocycles. The second-order valence-corrected chi connectivity index (χ2v) is 13.6. The fourth-order valence-corrected chi connectivity index (χ4v) is 4.69. The highest BCUT2D eigenvalue weighted by Gasteiger charge is 2.57. The number of benzene rings is 1. The molecule has 1 fully saturated rings. The van der Waals surface area contributed by atoms with E-state index in [0.29, 0.717) is 12.0 Å². The van der Waals surface area contributed by atoms with Gasteiger partial charge in [-0.25, -0.2) is 4.79 Å². The van der Waals surface area contributed by atoms with E-state index in [1.54, 1.807) is 30.4 Å². The van der Waals surface area contributed by atoms with Crippen molar-refractivity contribution in [1.82, 2.24) is 0 Å². The summed E-state index contributed by atoms with van der Waals surface area (Å²) in [7, 11) is -2.18. The molecule has 28 heavy (non-hydrogen) atoms. The van der Waals surface area contributed by atoms with E-state index in [4.69, 9.17) is 13.9 Å². The van der Waals surface area contributed by atoms with Crippen LogP contribution in [0.3, 0.4) is 0 Å². The molecule has 8 heteroatoms. The van der Waals surface area contributed by atoms with Gasteiger partial charge < -0.3 is 13.9 Å². The van der Waals surface area contributed by atoms with Gasteiger partial charge in [-0.3, -0.25) is 10.1 Å². The van der Waals surface area contributed by atoms with Crippen LogP contribution in [0.2, 0.25) is 18.1 Å². The lowest BCUT2D eigenvalue weighted by atomic mass is 9.91. The Balaban J connectivity index is 1.74. The van der Waals surface area contributed by atoms with Crippen LogP contribution >= 0.6 is 0 Å². The summed E-state index contributed by atoms with van der Waals surface area (Å²) >= 11 is 0. The summed E-state index contributed by atoms with van der Waals surface area (Å²) in [4.78, 5) is 23.3. The molecule has 1 heterocycles. The summed E-state index contributed by atoms with van der Waals surface area (Å²) in [6, 6.07) is 6.46. The quantitative estimate of drug-likeness (QED) is 0.232. The molecule has 0 radical (unpaired) electrons. The average Bonchev–Trinajstić information content (AvgIpc) is 2.84. The molecule has 0 spiro atoms. The predicted molar refractivity (Wildman–Crippen MR) is 106 cm³/mol. The molecule has 0 N–H and O–H groups in total. The molecule has 0 amide bonds. The fraction of sp³-hybridized carbons (Fsp3) is 0.550. The fourth-order valence-electron chi connectivity index (χ4n) is 3.24. The number of rotatable bonds is 6. The first-order valence-electron chi connectivity index (χ1n) is 9.40. The number of ether oxygens (including phenoxy) is 2. The maximum atomic E-state index is 12.6. The Morgan fingerprint density at radius 2 is 2.00 bits per heavy atom. The van der Waals surface area contributed by atoms with Crippen molar-refractivity contribution < 1.29 is 23.6 Å². The van der Waals surface area contributed by atoms with Crippen LogP contribution in [0.5, 0.6) is 0 Å². The monoisotopic (exact) mass is 405 g/mol. The van der Waals surface area contributed by atoms with Gasteiger partial charge in [-0.2, -0.15) is 0 Å². The smallest absolute Gasteiger partial charge is 0.341 e. The highest BCUT2D eigenvalue weighted by Crippen LogP contribution is 2.45. The number of carbonyl (C=O) groups excluding carboxylic acids is 1. The number of nitro benzene ring substituents is 1. The molecule has 1 aromatic rings. The highest BCUT2D eigenvalue weighted by molar-refractivity contribution is 6.74. The molecule has 0 saturated carbocycles. The Hall–Kier alpha value is -2.03. The summed E-state index contributed by atoms with van der Waals surface area (Å²) in [5, 5.41) is 11.1. The molecule has 1 aromatic carbocycles. The molecule has 0 aromatic heterocycles. The molecular weight excluding hydrogens is 378 g/mol. The van der Waals surface area contributed by atoms with E-state index in [-0.39, 0.29) is 23.3 Å². The van der Waals surface area contributed by atoms with Crippen LogP contribution in [0.15, 0.2) is 36.4 Å². The van der Waals surface area contributed by atoms with Crippen LogP contribution in [0.1, 0.15) is 32.8 Å². The third-order valence-corrected chi connectivity index (χ3v) is 10.4. The first-order valence-corrected chi connectivity index (χ1v) is 12.3. The Morgan fingerprint density at radius 3 is 2.64 bits per heavy atom. The third-order valence-electron chi connectivity index (χ3n) is 5.89. The van der Waals surface area contributed by atoms with E-state index in [2.05, 4.69) is 33.9 Å². The van der Waals surface area contributed by atoms with E-state index in [9.17, 15) is 14.9 Å². The molecule has 3 atom stereocenters. The minimum atomic E-state index is -2.18. The Morgan fingerprint density at radius 1 is 1.32 bits per heavy atom. The van der Waals surface area contributed by atoms with Crippen molar-refractivity contribution in [2.24, 2.45) is 0 Å². The number of carbonyl (C=O) groups is 1. The van der Waals surface area contributed by atoms with Gasteiger partial charge in [-0.05, 0) is 30.3 Å². The lowest BCUT2D eigenvalue weighted by molar-refractivity contribution is -0.386. The minimum absolute atomic E-state index is 0.0151. The molecule has 152 valence electrons. The van der Waals surface area contributed by atoms with E-state index in [1.165, 1.54) is 6.07 Å². The van der Waals surface area contributed by atoms with Crippen molar-refractivity contribution in [2.75, 3.05) is 0 Å². The molecule has 2 aliphatic rings. The number of para-hydroxylation sites is 1. The van der Waals surface area contributed by atoms with Gasteiger partial charge in [-0.15, -0.1) is 0 Å². The van der Waals surface area contributed by atoms with Crippen LogP contribution < -0.4 is 0 Å². The first kappa shape index (κ1) is 20.7. The molecule has 3 rings (SSSR count). The largest absolute Gasteiger partial charge is 0.457 e. The lowest BCUT2D eigenvalue weighted by Crippen LogP contribution is -2.52. The number of hydrogen-bond acceptors (Lipinski definition) is 6. The predicted octanol–water partition coefficient (Wildman–Crippen LogP) is 4.13. The summed E-state index contributed by atoms with van der Waals surface area (Å²) in [5.41, 5.74) is -0.549. The number of nitrogens with zero attached hydrogens (tertiary/aromatic N) is 1. The van der Waals surface area contributed by atoms with Gasteiger partial charge in [0.1, 0.15) is 12.2 Å². The molecule has 2 bridgehead atoms. The zero-order valence-corrected chi connectivity index (χ0v) is 17.9. The Bertz CT molecular complexity index is 815. The van der Waals surface area contributed by atoms with Gasteiger partial charge in [0, 0.05) is 12.5 Å². The van der Waals surface area contributed by atoms with E-state index < -0.39 is 31.0 Å². The summed E-state index contributed by atoms with van der Waals surface area (Å²) in [6.07, 6.45) is 3.04. The first-order chi connectivity index (χ1) is 13.0. The molecule has 7 nitrogen and oxygen atoms in total. The highest BCUT2D eigenvalue weighted by atomic mass is 28.4. The van der Waals surface area contributed by atoms with Crippen molar-refractivity contribution >= 4 is 20.0 Å². The van der Waals surface area contributed by atoms with E-state index in [1.807, 2.05) is 0 Å². The zero-order valence-electron chi connectivity index (χ0n) is 16.9. The lowest BCUT2D eigenvalue weighted by Gasteiger charge is -2.42. The Kier molecular flexibility index (Phi) is 5.24. The molecule has 0 unspecified atom stereocenters. The van der Waals surface area contributed by atoms with Crippen LogP contribution in [0.25, 0.3) is 0 Å². The van der Waals surface area contributed by atoms with Crippen LogP contribution in [-0.2, 0) is 25.3 Å². The van der Waals surface area contributed by atoms with Crippen LogP contribution in [-0.4, -0.2) is 37.0 Å². The topological polar surface area (TPSA) is 87.9 Å². The van der Waals surface area contributed by atoms with Crippen LogP contribution in [0, 0.1) is 10.1 Å². The SMILES string of the molecule is CC(C)(C)[Si](C)(C)O[C@@]12C=C[C@@H](OCc3ccccc3[N+](=O)[O-])[C@@H](C1)OC2=O. The number of nitro groups is 1. The third kappa shape index (κ3) is 3.76. The Labute approximate surface area is 165 Å². The van der Waals surface area contributed by atoms with Gasteiger partial charge in [0.05, 0.1) is 17.1 Å². The number of fused-ring (bicyclic) bond motifs is 2. The maximum Gasteiger partial charge on any atom is 0.341 e. The van der Waals surface area contributed by atoms with Crippen molar-refractivity contribution in [3.05, 3.63) is 52.1 Å². The summed E-state index contributed by atoms with van der Waals surface area (Å²) in [5.74, 6) is -0.379. The number of esters is 1. The van der Waals surface area contributed by atoms with E-state index >= 15 is 0 Å². The normalized spacial score (nSPS) is 27.0. The minimum Gasteiger partial charge on any atom is -0.457 e.